The van der Waals surface area contributed by atoms with Crippen LogP contribution >= 0.6 is 11.6 Å². The third kappa shape index (κ3) is 3.82. The van der Waals surface area contributed by atoms with E-state index in [4.69, 9.17) is 11.6 Å². The van der Waals surface area contributed by atoms with Crippen LogP contribution in [0.2, 0.25) is 5.02 Å². The summed E-state index contributed by atoms with van der Waals surface area (Å²) in [6, 6.07) is 15.4. The van der Waals surface area contributed by atoms with E-state index in [1.165, 1.54) is 0 Å². The average molecular weight is 463 g/mol. The molecule has 0 bridgehead atoms. The summed E-state index contributed by atoms with van der Waals surface area (Å²) >= 11 is 6.33. The van der Waals surface area contributed by atoms with Crippen LogP contribution in [0.3, 0.4) is 0 Å². The van der Waals surface area contributed by atoms with Gasteiger partial charge in [0.2, 0.25) is 0 Å². The number of aromatic nitrogens is 3. The van der Waals surface area contributed by atoms with Gasteiger partial charge in [-0.3, -0.25) is 9.59 Å². The lowest BCUT2D eigenvalue weighted by Gasteiger charge is -2.48. The number of nitrogens with zero attached hydrogens (tertiary/aromatic N) is 2. The highest BCUT2D eigenvalue weighted by atomic mass is 35.5. The summed E-state index contributed by atoms with van der Waals surface area (Å²) in [4.78, 5) is 25.0. The third-order valence-electron chi connectivity index (χ3n) is 7.35. The highest BCUT2D eigenvalue weighted by Crippen LogP contribution is 2.47. The van der Waals surface area contributed by atoms with Gasteiger partial charge in [-0.1, -0.05) is 55.3 Å². The molecule has 33 heavy (non-hydrogen) atoms. The van der Waals surface area contributed by atoms with Gasteiger partial charge in [0, 0.05) is 23.9 Å². The maximum Gasteiger partial charge on any atom is 0.272 e. The first-order valence-electron chi connectivity index (χ1n) is 11.4. The Morgan fingerprint density at radius 2 is 1.97 bits per heavy atom. The smallest absolute Gasteiger partial charge is 0.272 e. The number of fused-ring (bicyclic) bond motifs is 2. The van der Waals surface area contributed by atoms with Crippen LogP contribution in [0.25, 0.3) is 21.7 Å². The standard InChI is InChI=1S/C26H27ClN4O2/c1-3-26(12-11-21-18-8-4-5-9-19(18)24(32)30-29-21)14-17(15-26)28-25(33)22-13-16-7-6-10-20(27)23(16)31(22)2/h4-10,13,17H,3,11-12,14-15H2,1-2H3,(H,28,33)(H,30,32). The monoisotopic (exact) mass is 462 g/mol. The van der Waals surface area contributed by atoms with Gasteiger partial charge in [-0.15, -0.1) is 0 Å². The summed E-state index contributed by atoms with van der Waals surface area (Å²) in [5, 5.41) is 13.4. The molecule has 7 heteroatoms. The van der Waals surface area contributed by atoms with E-state index in [1.54, 1.807) is 0 Å². The number of H-pyrrole nitrogens is 1. The largest absolute Gasteiger partial charge is 0.348 e. The SMILES string of the molecule is CCC1(CCc2n[nH]c(=O)c3ccccc23)CC(NC(=O)c2cc3cccc(Cl)c3n2C)C1. The van der Waals surface area contributed by atoms with E-state index in [9.17, 15) is 9.59 Å². The molecule has 0 saturated heterocycles. The van der Waals surface area contributed by atoms with Crippen LogP contribution in [-0.2, 0) is 13.5 Å². The minimum absolute atomic E-state index is 0.0623. The molecule has 0 spiro atoms. The Hall–Kier alpha value is -3.12. The maximum absolute atomic E-state index is 13.0. The van der Waals surface area contributed by atoms with Gasteiger partial charge >= 0.3 is 0 Å². The van der Waals surface area contributed by atoms with Gasteiger partial charge < -0.3 is 9.88 Å². The van der Waals surface area contributed by atoms with Crippen LogP contribution in [0, 0.1) is 5.41 Å². The number of carbonyl (C=O) groups excluding carboxylic acids is 1. The van der Waals surface area contributed by atoms with Crippen molar-refractivity contribution in [3.05, 3.63) is 75.3 Å². The lowest BCUT2D eigenvalue weighted by atomic mass is 9.61. The summed E-state index contributed by atoms with van der Waals surface area (Å²) in [6.45, 7) is 2.21. The van der Waals surface area contributed by atoms with Crippen molar-refractivity contribution >= 4 is 39.2 Å². The van der Waals surface area contributed by atoms with Gasteiger partial charge in [0.15, 0.2) is 0 Å². The molecule has 2 heterocycles. The molecular weight excluding hydrogens is 436 g/mol. The van der Waals surface area contributed by atoms with E-state index in [1.807, 2.05) is 60.1 Å². The average Bonchev–Trinajstić information content (AvgIpc) is 3.14. The van der Waals surface area contributed by atoms with E-state index in [0.717, 1.165) is 54.1 Å². The number of carbonyl (C=O) groups is 1. The Labute approximate surface area is 196 Å². The van der Waals surface area contributed by atoms with Gasteiger partial charge in [0.25, 0.3) is 11.5 Å². The van der Waals surface area contributed by atoms with Gasteiger partial charge in [0.1, 0.15) is 5.69 Å². The van der Waals surface area contributed by atoms with Gasteiger partial charge in [-0.2, -0.15) is 5.10 Å². The fraction of sp³-hybridized carbons (Fsp3) is 0.346. The van der Waals surface area contributed by atoms with Crippen molar-refractivity contribution in [3.8, 4) is 0 Å². The molecule has 0 aliphatic heterocycles. The molecule has 170 valence electrons. The summed E-state index contributed by atoms with van der Waals surface area (Å²) in [6.07, 6.45) is 4.71. The number of aromatic amines is 1. The zero-order chi connectivity index (χ0) is 23.2. The Balaban J connectivity index is 1.26. The summed E-state index contributed by atoms with van der Waals surface area (Å²) in [5.41, 5.74) is 2.45. The first-order valence-corrected chi connectivity index (χ1v) is 11.8. The summed E-state index contributed by atoms with van der Waals surface area (Å²) < 4.78 is 1.87. The molecule has 5 rings (SSSR count). The predicted molar refractivity (Wildman–Crippen MR) is 132 cm³/mol. The Bertz CT molecular complexity index is 1420. The highest BCUT2D eigenvalue weighted by Gasteiger charge is 2.43. The first-order chi connectivity index (χ1) is 15.9. The first kappa shape index (κ1) is 21.7. The molecule has 2 aromatic heterocycles. The van der Waals surface area contributed by atoms with Crippen molar-refractivity contribution in [2.24, 2.45) is 12.5 Å². The van der Waals surface area contributed by atoms with Crippen LogP contribution in [-0.4, -0.2) is 26.7 Å². The van der Waals surface area contributed by atoms with Crippen LogP contribution in [0.1, 0.15) is 48.8 Å². The second kappa shape index (κ2) is 8.34. The fourth-order valence-corrected chi connectivity index (χ4v) is 5.66. The number of halogens is 1. The molecule has 0 unspecified atom stereocenters. The minimum atomic E-state index is -0.152. The molecule has 1 fully saturated rings. The fourth-order valence-electron chi connectivity index (χ4n) is 5.35. The molecule has 0 atom stereocenters. The van der Waals surface area contributed by atoms with E-state index < -0.39 is 0 Å². The Morgan fingerprint density at radius 1 is 1.21 bits per heavy atom. The van der Waals surface area contributed by atoms with Gasteiger partial charge in [-0.25, -0.2) is 5.10 Å². The number of rotatable bonds is 6. The van der Waals surface area contributed by atoms with Crippen molar-refractivity contribution in [1.82, 2.24) is 20.1 Å². The molecule has 1 amide bonds. The molecule has 2 N–H and O–H groups in total. The lowest BCUT2D eigenvalue weighted by Crippen LogP contribution is -2.51. The number of para-hydroxylation sites is 1. The van der Waals surface area contributed by atoms with Crippen LogP contribution in [0.5, 0.6) is 0 Å². The molecular formula is C26H27ClN4O2. The molecule has 6 nitrogen and oxygen atoms in total. The number of hydrogen-bond donors (Lipinski definition) is 2. The third-order valence-corrected chi connectivity index (χ3v) is 7.66. The maximum atomic E-state index is 13.0. The van der Waals surface area contributed by atoms with Gasteiger partial charge in [-0.05, 0) is 49.3 Å². The van der Waals surface area contributed by atoms with Crippen LogP contribution < -0.4 is 10.9 Å². The zero-order valence-corrected chi connectivity index (χ0v) is 19.6. The predicted octanol–water partition coefficient (Wildman–Crippen LogP) is 4.99. The van der Waals surface area contributed by atoms with Gasteiger partial charge in [0.05, 0.1) is 21.6 Å². The molecule has 1 aliphatic carbocycles. The number of benzene rings is 2. The van der Waals surface area contributed by atoms with Crippen LogP contribution in [0.4, 0.5) is 0 Å². The second-order valence-corrected chi connectivity index (χ2v) is 9.65. The lowest BCUT2D eigenvalue weighted by molar-refractivity contribution is 0.0567. The Kier molecular flexibility index (Phi) is 5.49. The van der Waals surface area contributed by atoms with E-state index in [2.05, 4.69) is 22.4 Å². The van der Waals surface area contributed by atoms with E-state index in [0.29, 0.717) is 16.1 Å². The van der Waals surface area contributed by atoms with E-state index in [-0.39, 0.29) is 22.9 Å². The molecule has 2 aromatic carbocycles. The molecule has 1 saturated carbocycles. The topological polar surface area (TPSA) is 79.8 Å². The van der Waals surface area contributed by atoms with Crippen molar-refractivity contribution in [2.45, 2.75) is 45.1 Å². The number of nitrogens with one attached hydrogen (secondary N) is 2. The second-order valence-electron chi connectivity index (χ2n) is 9.24. The van der Waals surface area contributed by atoms with Crippen molar-refractivity contribution < 1.29 is 4.79 Å². The molecule has 1 aliphatic rings. The summed E-state index contributed by atoms with van der Waals surface area (Å²) in [7, 11) is 1.88. The number of hydrogen-bond acceptors (Lipinski definition) is 3. The highest BCUT2D eigenvalue weighted by molar-refractivity contribution is 6.35. The molecule has 4 aromatic rings. The van der Waals surface area contributed by atoms with Crippen LogP contribution in [0.15, 0.2) is 53.3 Å². The zero-order valence-electron chi connectivity index (χ0n) is 18.8. The quantitative estimate of drug-likeness (QED) is 0.423. The summed E-state index contributed by atoms with van der Waals surface area (Å²) in [5.74, 6) is -0.0623. The Morgan fingerprint density at radius 3 is 2.70 bits per heavy atom. The van der Waals surface area contributed by atoms with Crippen molar-refractivity contribution in [1.29, 1.82) is 0 Å². The van der Waals surface area contributed by atoms with E-state index >= 15 is 0 Å². The molecule has 0 radical (unpaired) electrons. The number of amides is 1. The minimum Gasteiger partial charge on any atom is -0.348 e. The van der Waals surface area contributed by atoms with Crippen molar-refractivity contribution in [3.63, 3.8) is 0 Å². The normalized spacial score (nSPS) is 20.2. The number of aryl methyl sites for hydroxylation is 2. The van der Waals surface area contributed by atoms with Crippen molar-refractivity contribution in [2.75, 3.05) is 0 Å².